The van der Waals surface area contributed by atoms with Crippen molar-refractivity contribution in [3.63, 3.8) is 0 Å². The van der Waals surface area contributed by atoms with Crippen LogP contribution in [0.3, 0.4) is 0 Å². The van der Waals surface area contributed by atoms with Gasteiger partial charge in [-0.15, -0.1) is 0 Å². The van der Waals surface area contributed by atoms with Crippen molar-refractivity contribution in [2.45, 2.75) is 51.7 Å². The predicted octanol–water partition coefficient (Wildman–Crippen LogP) is 3.29. The summed E-state index contributed by atoms with van der Waals surface area (Å²) in [5.41, 5.74) is 1.63. The first-order chi connectivity index (χ1) is 11.7. The number of amides is 1. The lowest BCUT2D eigenvalue weighted by Crippen LogP contribution is -2.43. The summed E-state index contributed by atoms with van der Waals surface area (Å²) in [5, 5.41) is 11.5. The van der Waals surface area contributed by atoms with E-state index < -0.39 is 18.1 Å². The molecule has 136 valence electrons. The molecule has 0 aromatic heterocycles. The SMILES string of the molecule is CSCC[C@H](NC(=O)c1ccc(C(C)(C)C)cc1)C(=O)O[C@H](C)C#N. The summed E-state index contributed by atoms with van der Waals surface area (Å²) in [6.45, 7) is 7.81. The van der Waals surface area contributed by atoms with Gasteiger partial charge < -0.3 is 10.1 Å². The van der Waals surface area contributed by atoms with Gasteiger partial charge >= 0.3 is 5.97 Å². The number of ether oxygens (including phenoxy) is 1. The minimum atomic E-state index is -0.841. The molecule has 0 aliphatic carbocycles. The smallest absolute Gasteiger partial charge is 0.329 e. The fraction of sp³-hybridized carbons (Fsp3) is 0.526. The number of carbonyl (C=O) groups is 2. The number of esters is 1. The molecular weight excluding hydrogens is 336 g/mol. The van der Waals surface area contributed by atoms with Gasteiger partial charge in [-0.3, -0.25) is 4.79 Å². The maximum absolute atomic E-state index is 12.4. The van der Waals surface area contributed by atoms with Crippen molar-refractivity contribution in [3.8, 4) is 6.07 Å². The first-order valence-corrected chi connectivity index (χ1v) is 9.59. The molecule has 1 aromatic carbocycles. The minimum absolute atomic E-state index is 0.00707. The van der Waals surface area contributed by atoms with E-state index in [-0.39, 0.29) is 11.3 Å². The highest BCUT2D eigenvalue weighted by molar-refractivity contribution is 7.98. The molecular formula is C19H26N2O3S. The third-order valence-corrected chi connectivity index (χ3v) is 4.33. The van der Waals surface area contributed by atoms with Gasteiger partial charge in [0.15, 0.2) is 6.10 Å². The molecule has 0 bridgehead atoms. The number of rotatable bonds is 7. The van der Waals surface area contributed by atoms with Crippen molar-refractivity contribution in [3.05, 3.63) is 35.4 Å². The van der Waals surface area contributed by atoms with E-state index in [9.17, 15) is 9.59 Å². The maximum atomic E-state index is 12.4. The number of nitriles is 1. The fourth-order valence-corrected chi connectivity index (χ4v) is 2.60. The summed E-state index contributed by atoms with van der Waals surface area (Å²) >= 11 is 1.58. The quantitative estimate of drug-likeness (QED) is 0.753. The lowest BCUT2D eigenvalue weighted by Gasteiger charge is -2.20. The van der Waals surface area contributed by atoms with Crippen molar-refractivity contribution < 1.29 is 14.3 Å². The van der Waals surface area contributed by atoms with Gasteiger partial charge in [0.2, 0.25) is 0 Å². The van der Waals surface area contributed by atoms with Gasteiger partial charge in [-0.2, -0.15) is 17.0 Å². The van der Waals surface area contributed by atoms with Crippen LogP contribution in [0.4, 0.5) is 0 Å². The number of hydrogen-bond donors (Lipinski definition) is 1. The van der Waals surface area contributed by atoms with Crippen molar-refractivity contribution >= 4 is 23.6 Å². The second kappa shape index (κ2) is 9.47. The molecule has 0 unspecified atom stereocenters. The molecule has 0 aliphatic heterocycles. The Morgan fingerprint density at radius 2 is 1.88 bits per heavy atom. The van der Waals surface area contributed by atoms with E-state index in [0.717, 1.165) is 5.56 Å². The first-order valence-electron chi connectivity index (χ1n) is 8.19. The Morgan fingerprint density at radius 1 is 1.28 bits per heavy atom. The van der Waals surface area contributed by atoms with Crippen LogP contribution in [-0.2, 0) is 14.9 Å². The average Bonchev–Trinajstić information content (AvgIpc) is 2.57. The highest BCUT2D eigenvalue weighted by Gasteiger charge is 2.24. The Morgan fingerprint density at radius 3 is 2.36 bits per heavy atom. The van der Waals surface area contributed by atoms with Crippen LogP contribution in [0.2, 0.25) is 0 Å². The van der Waals surface area contributed by atoms with Crippen molar-refractivity contribution in [1.29, 1.82) is 5.26 Å². The molecule has 1 aromatic rings. The highest BCUT2D eigenvalue weighted by Crippen LogP contribution is 2.22. The van der Waals surface area contributed by atoms with Gasteiger partial charge in [-0.25, -0.2) is 4.79 Å². The Balaban J connectivity index is 2.83. The number of carbonyl (C=O) groups excluding carboxylic acids is 2. The van der Waals surface area contributed by atoms with Crippen LogP contribution >= 0.6 is 11.8 Å². The van der Waals surface area contributed by atoms with Gasteiger partial charge in [-0.1, -0.05) is 32.9 Å². The van der Waals surface area contributed by atoms with Crippen LogP contribution in [-0.4, -0.2) is 36.0 Å². The number of thioether (sulfide) groups is 1. The summed E-state index contributed by atoms with van der Waals surface area (Å²) in [6, 6.07) is 8.43. The van der Waals surface area contributed by atoms with Gasteiger partial charge in [-0.05, 0) is 48.5 Å². The molecule has 2 atom stereocenters. The first kappa shape index (κ1) is 21.0. The fourth-order valence-electron chi connectivity index (χ4n) is 2.13. The van der Waals surface area contributed by atoms with E-state index >= 15 is 0 Å². The highest BCUT2D eigenvalue weighted by atomic mass is 32.2. The molecule has 1 rings (SSSR count). The van der Waals surface area contributed by atoms with Crippen LogP contribution in [0.25, 0.3) is 0 Å². The molecule has 0 radical (unpaired) electrons. The zero-order chi connectivity index (χ0) is 19.0. The minimum Gasteiger partial charge on any atom is -0.446 e. The monoisotopic (exact) mass is 362 g/mol. The molecule has 6 heteroatoms. The van der Waals surface area contributed by atoms with E-state index in [4.69, 9.17) is 10.00 Å². The largest absolute Gasteiger partial charge is 0.446 e. The van der Waals surface area contributed by atoms with Crippen LogP contribution in [0.5, 0.6) is 0 Å². The third kappa shape index (κ3) is 6.79. The van der Waals surface area contributed by atoms with Gasteiger partial charge in [0.1, 0.15) is 12.1 Å². The Hall–Kier alpha value is -2.00. The molecule has 25 heavy (non-hydrogen) atoms. The standard InChI is InChI=1S/C19H26N2O3S/c1-13(12-20)24-18(23)16(10-11-25-5)21-17(22)14-6-8-15(9-7-14)19(2,3)4/h6-9,13,16H,10-11H2,1-5H3,(H,21,22)/t13-,16+/m1/s1. The molecule has 1 N–H and O–H groups in total. The molecule has 0 saturated heterocycles. The summed E-state index contributed by atoms with van der Waals surface area (Å²) in [5.74, 6) is -0.208. The van der Waals surface area contributed by atoms with Crippen molar-refractivity contribution in [1.82, 2.24) is 5.32 Å². The predicted molar refractivity (Wildman–Crippen MR) is 101 cm³/mol. The summed E-state index contributed by atoms with van der Waals surface area (Å²) < 4.78 is 5.04. The average molecular weight is 362 g/mol. The molecule has 0 spiro atoms. The molecule has 0 fully saturated rings. The van der Waals surface area contributed by atoms with Gasteiger partial charge in [0, 0.05) is 5.56 Å². The second-order valence-electron chi connectivity index (χ2n) is 6.84. The van der Waals surface area contributed by atoms with Crippen molar-refractivity contribution in [2.24, 2.45) is 0 Å². The Bertz CT molecular complexity index is 630. The zero-order valence-electron chi connectivity index (χ0n) is 15.5. The lowest BCUT2D eigenvalue weighted by atomic mass is 9.86. The maximum Gasteiger partial charge on any atom is 0.329 e. The number of benzene rings is 1. The Labute approximate surface area is 154 Å². The molecule has 0 saturated carbocycles. The zero-order valence-corrected chi connectivity index (χ0v) is 16.3. The summed E-state index contributed by atoms with van der Waals surface area (Å²) in [4.78, 5) is 24.6. The summed E-state index contributed by atoms with van der Waals surface area (Å²) in [7, 11) is 0. The summed E-state index contributed by atoms with van der Waals surface area (Å²) in [6.07, 6.45) is 1.53. The molecule has 0 aliphatic rings. The van der Waals surface area contributed by atoms with Crippen LogP contribution < -0.4 is 5.32 Å². The van der Waals surface area contributed by atoms with Crippen LogP contribution in [0.15, 0.2) is 24.3 Å². The van der Waals surface area contributed by atoms with Gasteiger partial charge in [0.05, 0.1) is 0 Å². The molecule has 0 heterocycles. The van der Waals surface area contributed by atoms with E-state index in [1.807, 2.05) is 24.5 Å². The third-order valence-electron chi connectivity index (χ3n) is 3.69. The lowest BCUT2D eigenvalue weighted by molar-refractivity contribution is -0.148. The number of nitrogens with zero attached hydrogens (tertiary/aromatic N) is 1. The van der Waals surface area contributed by atoms with E-state index in [2.05, 4.69) is 26.1 Å². The van der Waals surface area contributed by atoms with E-state index in [0.29, 0.717) is 17.7 Å². The van der Waals surface area contributed by atoms with E-state index in [1.54, 1.807) is 23.9 Å². The second-order valence-corrected chi connectivity index (χ2v) is 7.83. The van der Waals surface area contributed by atoms with Crippen molar-refractivity contribution in [2.75, 3.05) is 12.0 Å². The topological polar surface area (TPSA) is 79.2 Å². The van der Waals surface area contributed by atoms with Gasteiger partial charge in [0.25, 0.3) is 5.91 Å². The number of nitrogens with one attached hydrogen (secondary N) is 1. The van der Waals surface area contributed by atoms with Crippen LogP contribution in [0.1, 0.15) is 50.0 Å². The van der Waals surface area contributed by atoms with Crippen LogP contribution in [0, 0.1) is 11.3 Å². The normalized spacial score (nSPS) is 13.4. The van der Waals surface area contributed by atoms with E-state index in [1.165, 1.54) is 6.92 Å². The number of hydrogen-bond acceptors (Lipinski definition) is 5. The Kier molecular flexibility index (Phi) is 7.98. The molecule has 5 nitrogen and oxygen atoms in total. The molecule has 1 amide bonds.